The van der Waals surface area contributed by atoms with Crippen LogP contribution < -0.4 is 0 Å². The zero-order chi connectivity index (χ0) is 19.4. The molecular weight excluding hydrogens is 332 g/mol. The molecule has 0 aliphatic carbocycles. The summed E-state index contributed by atoms with van der Waals surface area (Å²) in [5.74, 6) is -3.72. The lowest BCUT2D eigenvalue weighted by Gasteiger charge is -2.43. The Balaban J connectivity index is 2.42. The van der Waals surface area contributed by atoms with Gasteiger partial charge in [0.25, 0.3) is 0 Å². The topological polar surface area (TPSA) is 94.8 Å². The van der Waals surface area contributed by atoms with Crippen LogP contribution in [0.15, 0.2) is 60.7 Å². The van der Waals surface area contributed by atoms with Gasteiger partial charge >= 0.3 is 11.9 Å². The normalized spacial score (nSPS) is 16.9. The lowest BCUT2D eigenvalue weighted by Crippen LogP contribution is -2.57. The third-order valence-electron chi connectivity index (χ3n) is 5.25. The van der Waals surface area contributed by atoms with Crippen LogP contribution >= 0.6 is 0 Å². The Labute approximate surface area is 152 Å². The first kappa shape index (κ1) is 19.7. The first-order valence-corrected chi connectivity index (χ1v) is 8.45. The number of carbonyl (C=O) groups is 2. The van der Waals surface area contributed by atoms with Crippen LogP contribution in [0.3, 0.4) is 0 Å². The standard InChI is InChI=1S/C21H24O5/c1-20(19(24)25,14-16-11-7-4-8-12-16)21(2,26)17(18(22)23)13-15-9-5-3-6-10-15/h3-12,17,26H,13-14H2,1-2H3,(H,22,23)(H,24,25). The Hall–Kier alpha value is -2.66. The zero-order valence-electron chi connectivity index (χ0n) is 14.9. The highest BCUT2D eigenvalue weighted by Crippen LogP contribution is 2.41. The predicted molar refractivity (Wildman–Crippen MR) is 97.8 cm³/mol. The molecule has 5 heteroatoms. The van der Waals surface area contributed by atoms with E-state index in [1.165, 1.54) is 13.8 Å². The van der Waals surface area contributed by atoms with Crippen LogP contribution in [0, 0.1) is 11.3 Å². The minimum atomic E-state index is -1.98. The smallest absolute Gasteiger partial charge is 0.312 e. The van der Waals surface area contributed by atoms with E-state index in [9.17, 15) is 24.9 Å². The van der Waals surface area contributed by atoms with E-state index in [1.807, 2.05) is 12.1 Å². The Bertz CT molecular complexity index is 754. The summed E-state index contributed by atoms with van der Waals surface area (Å²) >= 11 is 0. The van der Waals surface area contributed by atoms with Crippen LogP contribution in [0.5, 0.6) is 0 Å². The van der Waals surface area contributed by atoms with Crippen LogP contribution in [0.25, 0.3) is 0 Å². The van der Waals surface area contributed by atoms with Gasteiger partial charge in [0.1, 0.15) is 0 Å². The second kappa shape index (κ2) is 7.70. The molecule has 138 valence electrons. The van der Waals surface area contributed by atoms with Crippen LogP contribution in [-0.2, 0) is 22.4 Å². The molecule has 0 bridgehead atoms. The quantitative estimate of drug-likeness (QED) is 0.676. The maximum absolute atomic E-state index is 12.1. The minimum absolute atomic E-state index is 0.0226. The predicted octanol–water partition coefficient (Wildman–Crippen LogP) is 3.01. The summed E-state index contributed by atoms with van der Waals surface area (Å²) in [6.45, 7) is 2.72. The molecule has 0 amide bonds. The average Bonchev–Trinajstić information content (AvgIpc) is 2.60. The molecule has 3 unspecified atom stereocenters. The van der Waals surface area contributed by atoms with E-state index in [0.717, 1.165) is 11.1 Å². The lowest BCUT2D eigenvalue weighted by atomic mass is 9.63. The first-order chi connectivity index (χ1) is 12.2. The van der Waals surface area contributed by atoms with Gasteiger partial charge in [-0.15, -0.1) is 0 Å². The van der Waals surface area contributed by atoms with Gasteiger partial charge in [-0.3, -0.25) is 9.59 Å². The van der Waals surface area contributed by atoms with E-state index in [2.05, 4.69) is 0 Å². The molecule has 0 fully saturated rings. The second-order valence-corrected chi connectivity index (χ2v) is 7.03. The van der Waals surface area contributed by atoms with Gasteiger partial charge < -0.3 is 15.3 Å². The van der Waals surface area contributed by atoms with Gasteiger partial charge in [-0.2, -0.15) is 0 Å². The number of hydrogen-bond acceptors (Lipinski definition) is 3. The van der Waals surface area contributed by atoms with E-state index in [4.69, 9.17) is 0 Å². The summed E-state index contributed by atoms with van der Waals surface area (Å²) in [5, 5.41) is 30.8. The van der Waals surface area contributed by atoms with Gasteiger partial charge in [0.2, 0.25) is 0 Å². The fourth-order valence-corrected chi connectivity index (χ4v) is 3.24. The van der Waals surface area contributed by atoms with Crippen molar-refractivity contribution in [2.24, 2.45) is 11.3 Å². The summed E-state index contributed by atoms with van der Waals surface area (Å²) in [4.78, 5) is 24.0. The number of aliphatic carboxylic acids is 2. The number of carboxylic acids is 2. The van der Waals surface area contributed by atoms with Crippen molar-refractivity contribution in [3.8, 4) is 0 Å². The Morgan fingerprint density at radius 3 is 1.77 bits per heavy atom. The molecule has 0 aliphatic rings. The molecule has 26 heavy (non-hydrogen) atoms. The molecular formula is C21H24O5. The third-order valence-corrected chi connectivity index (χ3v) is 5.25. The van der Waals surface area contributed by atoms with Crippen molar-refractivity contribution >= 4 is 11.9 Å². The van der Waals surface area contributed by atoms with E-state index in [1.54, 1.807) is 48.5 Å². The maximum Gasteiger partial charge on any atom is 0.312 e. The molecule has 2 rings (SSSR count). The average molecular weight is 356 g/mol. The highest BCUT2D eigenvalue weighted by atomic mass is 16.4. The van der Waals surface area contributed by atoms with Crippen molar-refractivity contribution in [1.29, 1.82) is 0 Å². The van der Waals surface area contributed by atoms with Crippen molar-refractivity contribution < 1.29 is 24.9 Å². The first-order valence-electron chi connectivity index (χ1n) is 8.45. The molecule has 0 aliphatic heterocycles. The molecule has 3 N–H and O–H groups in total. The molecule has 0 aromatic heterocycles. The lowest BCUT2D eigenvalue weighted by molar-refractivity contribution is -0.180. The van der Waals surface area contributed by atoms with Gasteiger partial charge in [-0.25, -0.2) is 0 Å². The minimum Gasteiger partial charge on any atom is -0.481 e. The van der Waals surface area contributed by atoms with Crippen LogP contribution in [0.4, 0.5) is 0 Å². The summed E-state index contributed by atoms with van der Waals surface area (Å²) in [6, 6.07) is 17.8. The number of hydrogen-bond donors (Lipinski definition) is 3. The van der Waals surface area contributed by atoms with E-state index in [-0.39, 0.29) is 12.8 Å². The van der Waals surface area contributed by atoms with Gasteiger partial charge in [0, 0.05) is 0 Å². The largest absolute Gasteiger partial charge is 0.481 e. The molecule has 3 atom stereocenters. The van der Waals surface area contributed by atoms with Crippen molar-refractivity contribution in [2.45, 2.75) is 32.3 Å². The monoisotopic (exact) mass is 356 g/mol. The number of aliphatic hydroxyl groups is 1. The van der Waals surface area contributed by atoms with Gasteiger partial charge in [0.05, 0.1) is 16.9 Å². The summed E-state index contributed by atoms with van der Waals surface area (Å²) < 4.78 is 0. The van der Waals surface area contributed by atoms with Gasteiger partial charge in [-0.1, -0.05) is 60.7 Å². The van der Waals surface area contributed by atoms with Gasteiger partial charge in [-0.05, 0) is 37.8 Å². The number of benzene rings is 2. The van der Waals surface area contributed by atoms with Crippen molar-refractivity contribution in [3.05, 3.63) is 71.8 Å². The summed E-state index contributed by atoms with van der Waals surface area (Å²) in [6.07, 6.45) is 0.0651. The maximum atomic E-state index is 12.1. The highest BCUT2D eigenvalue weighted by Gasteiger charge is 2.55. The molecule has 0 saturated heterocycles. The number of carboxylic acid groups (broad SMARTS) is 2. The number of rotatable bonds is 8. The molecule has 0 heterocycles. The Morgan fingerprint density at radius 2 is 1.35 bits per heavy atom. The van der Waals surface area contributed by atoms with E-state index in [0.29, 0.717) is 0 Å². The molecule has 0 spiro atoms. The zero-order valence-corrected chi connectivity index (χ0v) is 14.9. The molecule has 2 aromatic rings. The third kappa shape index (κ3) is 3.94. The molecule has 0 radical (unpaired) electrons. The van der Waals surface area contributed by atoms with Crippen molar-refractivity contribution in [3.63, 3.8) is 0 Å². The van der Waals surface area contributed by atoms with Crippen LogP contribution in [0.1, 0.15) is 25.0 Å². The Morgan fingerprint density at radius 1 is 0.885 bits per heavy atom. The summed E-state index contributed by atoms with van der Waals surface area (Å²) in [7, 11) is 0. The van der Waals surface area contributed by atoms with Crippen LogP contribution in [-0.4, -0.2) is 32.9 Å². The van der Waals surface area contributed by atoms with Gasteiger partial charge in [0.15, 0.2) is 0 Å². The van der Waals surface area contributed by atoms with Crippen LogP contribution in [0.2, 0.25) is 0 Å². The van der Waals surface area contributed by atoms with E-state index >= 15 is 0 Å². The molecule has 2 aromatic carbocycles. The highest BCUT2D eigenvalue weighted by molar-refractivity contribution is 5.80. The van der Waals surface area contributed by atoms with E-state index < -0.39 is 28.9 Å². The second-order valence-electron chi connectivity index (χ2n) is 7.03. The fraction of sp³-hybridized carbons (Fsp3) is 0.333. The van der Waals surface area contributed by atoms with Crippen molar-refractivity contribution in [1.82, 2.24) is 0 Å². The molecule has 0 saturated carbocycles. The molecule has 5 nitrogen and oxygen atoms in total. The fourth-order valence-electron chi connectivity index (χ4n) is 3.24. The Kier molecular flexibility index (Phi) is 5.83. The summed E-state index contributed by atoms with van der Waals surface area (Å²) in [5.41, 5.74) is -2.20. The SMILES string of the molecule is CC(Cc1ccccc1)(C(=O)O)C(C)(O)C(Cc1ccccc1)C(=O)O. The van der Waals surface area contributed by atoms with Crippen molar-refractivity contribution in [2.75, 3.05) is 0 Å².